The molecule has 0 radical (unpaired) electrons. The normalized spacial score (nSPS) is 14.4. The first-order valence-corrected chi connectivity index (χ1v) is 26.0. The molecule has 0 fully saturated rings. The van der Waals surface area contributed by atoms with Gasteiger partial charge in [0, 0.05) is 37.5 Å². The average molecular weight is 917 g/mol. The van der Waals surface area contributed by atoms with Crippen molar-refractivity contribution >= 4 is 78.0 Å². The number of hydrogen-bond donors (Lipinski definition) is 0. The van der Waals surface area contributed by atoms with Crippen molar-refractivity contribution in [3.63, 3.8) is 0 Å². The van der Waals surface area contributed by atoms with Crippen molar-refractivity contribution in [3.8, 4) is 11.1 Å². The van der Waals surface area contributed by atoms with Crippen LogP contribution in [0.4, 0.5) is 34.1 Å². The minimum Gasteiger partial charge on any atom is -0.311 e. The number of anilines is 6. The zero-order valence-electron chi connectivity index (χ0n) is 45.2. The summed E-state index contributed by atoms with van der Waals surface area (Å²) >= 11 is 2.00. The monoisotopic (exact) mass is 917 g/mol. The van der Waals surface area contributed by atoms with Crippen LogP contribution in [0.3, 0.4) is 0 Å². The molecule has 0 spiro atoms. The van der Waals surface area contributed by atoms with Gasteiger partial charge in [0.1, 0.15) is 0 Å². The van der Waals surface area contributed by atoms with Crippen LogP contribution >= 0.6 is 11.3 Å². The van der Waals surface area contributed by atoms with Crippen LogP contribution in [0.15, 0.2) is 103 Å². The first kappa shape index (κ1) is 48.0. The fraction of sp³-hybridized carbons (Fsp3) is 0.406. The highest BCUT2D eigenvalue weighted by molar-refractivity contribution is 7.33. The molecule has 352 valence electrons. The smallest absolute Gasteiger partial charge is 0.264 e. The van der Waals surface area contributed by atoms with Crippen molar-refractivity contribution in [1.29, 1.82) is 0 Å². The Hall–Kier alpha value is -5.06. The summed E-state index contributed by atoms with van der Waals surface area (Å²) in [6.45, 7) is 47.2. The van der Waals surface area contributed by atoms with Crippen LogP contribution < -0.4 is 25.5 Å². The van der Waals surface area contributed by atoms with Crippen LogP contribution in [-0.2, 0) is 32.5 Å². The topological polar surface area (TPSA) is 6.48 Å². The van der Waals surface area contributed by atoms with Gasteiger partial charge in [-0.05, 0) is 150 Å². The molecule has 0 saturated heterocycles. The molecule has 0 amide bonds. The fourth-order valence-corrected chi connectivity index (χ4v) is 11.9. The second kappa shape index (κ2) is 15.7. The Balaban J connectivity index is 1.48. The molecule has 68 heavy (non-hydrogen) atoms. The van der Waals surface area contributed by atoms with Crippen molar-refractivity contribution in [2.24, 2.45) is 0 Å². The quantitative estimate of drug-likeness (QED) is 0.163. The number of thiophene rings is 1. The van der Waals surface area contributed by atoms with E-state index in [1.54, 1.807) is 0 Å². The van der Waals surface area contributed by atoms with E-state index in [1.165, 1.54) is 116 Å². The second-order valence-electron chi connectivity index (χ2n) is 26.6. The largest absolute Gasteiger partial charge is 0.311 e. The van der Waals surface area contributed by atoms with E-state index in [4.69, 9.17) is 0 Å². The minimum absolute atomic E-state index is 0.00537. The van der Waals surface area contributed by atoms with E-state index in [-0.39, 0.29) is 39.2 Å². The molecule has 0 atom stereocenters. The van der Waals surface area contributed by atoms with Crippen LogP contribution in [0.2, 0.25) is 0 Å². The van der Waals surface area contributed by atoms with Crippen molar-refractivity contribution in [2.45, 2.75) is 171 Å². The van der Waals surface area contributed by atoms with Crippen LogP contribution in [0.1, 0.15) is 169 Å². The minimum atomic E-state index is -0.131. The van der Waals surface area contributed by atoms with Gasteiger partial charge < -0.3 is 9.80 Å². The maximum absolute atomic E-state index is 2.71. The highest BCUT2D eigenvalue weighted by Crippen LogP contribution is 2.53. The average Bonchev–Trinajstić information content (AvgIpc) is 3.60. The third-order valence-corrected chi connectivity index (χ3v) is 16.2. The van der Waals surface area contributed by atoms with Crippen molar-refractivity contribution < 1.29 is 0 Å². The van der Waals surface area contributed by atoms with Crippen LogP contribution in [0.5, 0.6) is 0 Å². The Labute approximate surface area is 415 Å². The van der Waals surface area contributed by atoms with Crippen molar-refractivity contribution in [2.75, 3.05) is 9.80 Å². The summed E-state index contributed by atoms with van der Waals surface area (Å²) in [7, 11) is 0. The maximum Gasteiger partial charge on any atom is 0.264 e. The lowest BCUT2D eigenvalue weighted by atomic mass is 9.36. The summed E-state index contributed by atoms with van der Waals surface area (Å²) in [5.41, 5.74) is 23.4. The molecule has 0 saturated carbocycles. The summed E-state index contributed by atoms with van der Waals surface area (Å²) in [5, 5.41) is 1.35. The molecule has 2 nitrogen and oxygen atoms in total. The Morgan fingerprint density at radius 1 is 0.397 bits per heavy atom. The Morgan fingerprint density at radius 2 is 0.853 bits per heavy atom. The van der Waals surface area contributed by atoms with E-state index in [2.05, 4.69) is 251 Å². The van der Waals surface area contributed by atoms with Gasteiger partial charge in [0.05, 0.1) is 17.1 Å². The van der Waals surface area contributed by atoms with Gasteiger partial charge in [0.25, 0.3) is 6.71 Å². The molecule has 0 aliphatic carbocycles. The molecule has 2 aliphatic rings. The van der Waals surface area contributed by atoms with Crippen LogP contribution in [-0.4, -0.2) is 6.71 Å². The van der Waals surface area contributed by atoms with Gasteiger partial charge in [0.2, 0.25) is 0 Å². The number of benzene rings is 6. The third-order valence-electron chi connectivity index (χ3n) is 15.0. The van der Waals surface area contributed by atoms with Gasteiger partial charge >= 0.3 is 0 Å². The van der Waals surface area contributed by atoms with E-state index < -0.39 is 0 Å². The molecule has 1 aromatic heterocycles. The van der Waals surface area contributed by atoms with Gasteiger partial charge in [-0.1, -0.05) is 185 Å². The van der Waals surface area contributed by atoms with Gasteiger partial charge in [0.15, 0.2) is 0 Å². The molecule has 0 N–H and O–H groups in total. The number of para-hydroxylation sites is 1. The molecule has 9 rings (SSSR count). The molecule has 2 aliphatic heterocycles. The number of aryl methyl sites for hydroxylation is 2. The summed E-state index contributed by atoms with van der Waals surface area (Å²) in [5.74, 6) is 0. The van der Waals surface area contributed by atoms with Gasteiger partial charge in [-0.3, -0.25) is 0 Å². The zero-order valence-corrected chi connectivity index (χ0v) is 46.0. The third kappa shape index (κ3) is 8.15. The van der Waals surface area contributed by atoms with E-state index in [0.29, 0.717) is 0 Å². The molecule has 4 heteroatoms. The lowest BCUT2D eigenvalue weighted by molar-refractivity contribution is 0.569. The lowest BCUT2D eigenvalue weighted by Crippen LogP contribution is -2.60. The first-order chi connectivity index (χ1) is 31.3. The van der Waals surface area contributed by atoms with Crippen LogP contribution in [0.25, 0.3) is 21.2 Å². The Bertz CT molecular complexity index is 3100. The van der Waals surface area contributed by atoms with E-state index in [1.807, 2.05) is 11.3 Å². The molecule has 6 aromatic carbocycles. The van der Waals surface area contributed by atoms with Gasteiger partial charge in [-0.2, -0.15) is 0 Å². The Morgan fingerprint density at radius 3 is 1.38 bits per heavy atom. The standard InChI is InChI=1S/C64H77BN2S/c1-38-22-21-23-39(2)56(38)67-53-37-46(64(18,19)20)36-52-55(53)65(58-57(67)48-34-42(60(6,7)8)26-29-54(48)68-58)49-35-43(61(9,10)11)25-28-51(49)66(52)50-27-24-41(59(3,4)5)33-47(50)40-30-44(62(12,13)14)32-45(31-40)63(15,16)17/h21-37H,1-20H3. The molecule has 3 heterocycles. The number of nitrogens with zero attached hydrogens (tertiary/aromatic N) is 2. The molecule has 0 unspecified atom stereocenters. The zero-order chi connectivity index (χ0) is 49.6. The number of rotatable bonds is 3. The Kier molecular flexibility index (Phi) is 11.1. The first-order valence-electron chi connectivity index (χ1n) is 25.2. The summed E-state index contributed by atoms with van der Waals surface area (Å²) in [4.78, 5) is 5.40. The van der Waals surface area contributed by atoms with E-state index in [9.17, 15) is 0 Å². The lowest BCUT2D eigenvalue weighted by Gasteiger charge is -2.45. The molecule has 0 bridgehead atoms. The van der Waals surface area contributed by atoms with E-state index >= 15 is 0 Å². The fourth-order valence-electron chi connectivity index (χ4n) is 10.6. The van der Waals surface area contributed by atoms with Crippen molar-refractivity contribution in [3.05, 3.63) is 148 Å². The second-order valence-corrected chi connectivity index (χ2v) is 27.7. The molecular weight excluding hydrogens is 840 g/mol. The number of hydrogen-bond acceptors (Lipinski definition) is 3. The maximum atomic E-state index is 2.71. The van der Waals surface area contributed by atoms with Gasteiger partial charge in [-0.25, -0.2) is 0 Å². The molecular formula is C64H77BN2S. The van der Waals surface area contributed by atoms with Gasteiger partial charge in [-0.15, -0.1) is 11.3 Å². The highest BCUT2D eigenvalue weighted by Gasteiger charge is 2.47. The van der Waals surface area contributed by atoms with Crippen LogP contribution in [0, 0.1) is 13.8 Å². The summed E-state index contributed by atoms with van der Waals surface area (Å²) < 4.78 is 2.77. The summed E-state index contributed by atoms with van der Waals surface area (Å²) in [6, 6.07) is 41.6. The predicted octanol–water partition coefficient (Wildman–Crippen LogP) is 17.1. The highest BCUT2D eigenvalue weighted by atomic mass is 32.1. The summed E-state index contributed by atoms with van der Waals surface area (Å²) in [6.07, 6.45) is 0. The number of fused-ring (bicyclic) bond motifs is 6. The molecule has 7 aromatic rings. The predicted molar refractivity (Wildman–Crippen MR) is 303 cm³/mol. The van der Waals surface area contributed by atoms with E-state index in [0.717, 1.165) is 0 Å². The SMILES string of the molecule is Cc1cccc(C)c1N1c2cc(C(C)(C)C)cc3c2B(c2cc(C(C)(C)C)ccc2N3c2ccc(C(C)(C)C)cc2-c2cc(C(C)(C)C)cc(C(C)(C)C)c2)c2sc3ccc(C(C)(C)C)cc3c21. The van der Waals surface area contributed by atoms with Crippen molar-refractivity contribution in [1.82, 2.24) is 0 Å².